The van der Waals surface area contributed by atoms with Crippen LogP contribution in [0.2, 0.25) is 0 Å². The molecule has 1 N–H and O–H groups in total. The van der Waals surface area contributed by atoms with E-state index in [0.29, 0.717) is 0 Å². The second-order valence-corrected chi connectivity index (χ2v) is 6.38. The molecule has 0 radical (unpaired) electrons. The Morgan fingerprint density at radius 2 is 1.81 bits per heavy atom. The molecule has 1 fully saturated rings. The molecular formula is C19H26N2. The van der Waals surface area contributed by atoms with Crippen molar-refractivity contribution in [3.05, 3.63) is 48.0 Å². The standard InChI is InChI=1S/C19H26N2/c1-16(15-21-11-4-5-12-21)13-20-14-18-9-6-8-17-7-2-3-10-19(17)18/h2-3,6-10,16,20H,4-5,11-15H2,1H3. The summed E-state index contributed by atoms with van der Waals surface area (Å²) in [6.45, 7) is 8.25. The van der Waals surface area contributed by atoms with Crippen molar-refractivity contribution in [3.8, 4) is 0 Å². The minimum atomic E-state index is 0.720. The second-order valence-electron chi connectivity index (χ2n) is 6.38. The van der Waals surface area contributed by atoms with E-state index in [1.165, 1.54) is 48.8 Å². The highest BCUT2D eigenvalue weighted by molar-refractivity contribution is 5.85. The molecule has 0 bridgehead atoms. The quantitative estimate of drug-likeness (QED) is 0.870. The zero-order valence-electron chi connectivity index (χ0n) is 13.0. The van der Waals surface area contributed by atoms with E-state index in [2.05, 4.69) is 59.6 Å². The van der Waals surface area contributed by atoms with E-state index in [9.17, 15) is 0 Å². The average Bonchev–Trinajstić information content (AvgIpc) is 3.00. The maximum Gasteiger partial charge on any atom is 0.0211 e. The Hall–Kier alpha value is -1.38. The minimum absolute atomic E-state index is 0.720. The molecule has 3 rings (SSSR count). The summed E-state index contributed by atoms with van der Waals surface area (Å²) in [4.78, 5) is 2.60. The maximum atomic E-state index is 3.64. The maximum absolute atomic E-state index is 3.64. The van der Waals surface area contributed by atoms with Crippen LogP contribution in [0.15, 0.2) is 42.5 Å². The Labute approximate surface area is 128 Å². The summed E-state index contributed by atoms with van der Waals surface area (Å²) in [6, 6.07) is 15.2. The lowest BCUT2D eigenvalue weighted by atomic mass is 10.0. The fraction of sp³-hybridized carbons (Fsp3) is 0.474. The van der Waals surface area contributed by atoms with Gasteiger partial charge in [0.25, 0.3) is 0 Å². The van der Waals surface area contributed by atoms with Gasteiger partial charge in [-0.2, -0.15) is 0 Å². The number of nitrogens with one attached hydrogen (secondary N) is 1. The highest BCUT2D eigenvalue weighted by Gasteiger charge is 2.14. The Bertz CT molecular complexity index is 567. The van der Waals surface area contributed by atoms with E-state index in [1.807, 2.05) is 0 Å². The lowest BCUT2D eigenvalue weighted by molar-refractivity contribution is 0.282. The Balaban J connectivity index is 1.52. The molecule has 2 heteroatoms. The van der Waals surface area contributed by atoms with E-state index < -0.39 is 0 Å². The van der Waals surface area contributed by atoms with Gasteiger partial charge in [0.05, 0.1) is 0 Å². The van der Waals surface area contributed by atoms with Crippen LogP contribution in [0.3, 0.4) is 0 Å². The highest BCUT2D eigenvalue weighted by Crippen LogP contribution is 2.18. The van der Waals surface area contributed by atoms with Crippen molar-refractivity contribution >= 4 is 10.8 Å². The number of hydrogen-bond donors (Lipinski definition) is 1. The monoisotopic (exact) mass is 282 g/mol. The Morgan fingerprint density at radius 1 is 1.05 bits per heavy atom. The first-order valence-corrected chi connectivity index (χ1v) is 8.22. The summed E-state index contributed by atoms with van der Waals surface area (Å²) in [5.41, 5.74) is 1.40. The van der Waals surface area contributed by atoms with Crippen LogP contribution in [0.5, 0.6) is 0 Å². The molecule has 112 valence electrons. The zero-order valence-corrected chi connectivity index (χ0v) is 13.0. The van der Waals surface area contributed by atoms with Crippen LogP contribution in [0.1, 0.15) is 25.3 Å². The third kappa shape index (κ3) is 3.84. The van der Waals surface area contributed by atoms with E-state index in [-0.39, 0.29) is 0 Å². The number of likely N-dealkylation sites (tertiary alicyclic amines) is 1. The van der Waals surface area contributed by atoms with Crippen molar-refractivity contribution in [2.45, 2.75) is 26.3 Å². The first-order chi connectivity index (χ1) is 10.3. The van der Waals surface area contributed by atoms with Crippen LogP contribution in [0, 0.1) is 5.92 Å². The van der Waals surface area contributed by atoms with Crippen LogP contribution in [0.4, 0.5) is 0 Å². The molecule has 2 nitrogen and oxygen atoms in total. The molecule has 0 saturated carbocycles. The summed E-state index contributed by atoms with van der Waals surface area (Å²) in [6.07, 6.45) is 2.77. The van der Waals surface area contributed by atoms with Crippen molar-refractivity contribution < 1.29 is 0 Å². The van der Waals surface area contributed by atoms with Crippen LogP contribution in [-0.2, 0) is 6.54 Å². The number of fused-ring (bicyclic) bond motifs is 1. The minimum Gasteiger partial charge on any atom is -0.312 e. The molecule has 1 atom stereocenters. The lowest BCUT2D eigenvalue weighted by Gasteiger charge is -2.20. The third-order valence-electron chi connectivity index (χ3n) is 4.46. The van der Waals surface area contributed by atoms with Crippen molar-refractivity contribution in [1.82, 2.24) is 10.2 Å². The first kappa shape index (κ1) is 14.6. The van der Waals surface area contributed by atoms with Crippen molar-refractivity contribution in [3.63, 3.8) is 0 Å². The van der Waals surface area contributed by atoms with Gasteiger partial charge in [0.2, 0.25) is 0 Å². The molecule has 0 amide bonds. The molecule has 0 aliphatic carbocycles. The van der Waals surface area contributed by atoms with Gasteiger partial charge in [0.1, 0.15) is 0 Å². The third-order valence-corrected chi connectivity index (χ3v) is 4.46. The van der Waals surface area contributed by atoms with Gasteiger partial charge in [-0.3, -0.25) is 0 Å². The molecule has 1 heterocycles. The molecule has 1 saturated heterocycles. The summed E-state index contributed by atoms with van der Waals surface area (Å²) < 4.78 is 0. The molecule has 2 aromatic carbocycles. The van der Waals surface area contributed by atoms with Gasteiger partial charge in [0, 0.05) is 13.1 Å². The van der Waals surface area contributed by atoms with E-state index >= 15 is 0 Å². The predicted octanol–water partition coefficient (Wildman–Crippen LogP) is 3.66. The van der Waals surface area contributed by atoms with E-state index in [4.69, 9.17) is 0 Å². The van der Waals surface area contributed by atoms with Crippen LogP contribution >= 0.6 is 0 Å². The molecular weight excluding hydrogens is 256 g/mol. The Morgan fingerprint density at radius 3 is 2.67 bits per heavy atom. The molecule has 0 spiro atoms. The largest absolute Gasteiger partial charge is 0.312 e. The molecule has 2 aromatic rings. The van der Waals surface area contributed by atoms with Crippen molar-refractivity contribution in [1.29, 1.82) is 0 Å². The molecule has 1 unspecified atom stereocenters. The van der Waals surface area contributed by atoms with Gasteiger partial charge in [-0.05, 0) is 54.7 Å². The van der Waals surface area contributed by atoms with Crippen LogP contribution in [0.25, 0.3) is 10.8 Å². The zero-order chi connectivity index (χ0) is 14.5. The van der Waals surface area contributed by atoms with Gasteiger partial charge >= 0.3 is 0 Å². The summed E-state index contributed by atoms with van der Waals surface area (Å²) in [5.74, 6) is 0.720. The van der Waals surface area contributed by atoms with Gasteiger partial charge < -0.3 is 10.2 Å². The van der Waals surface area contributed by atoms with Gasteiger partial charge in [0.15, 0.2) is 0 Å². The van der Waals surface area contributed by atoms with Gasteiger partial charge in [-0.1, -0.05) is 49.4 Å². The fourth-order valence-corrected chi connectivity index (χ4v) is 3.37. The average molecular weight is 282 g/mol. The van der Waals surface area contributed by atoms with E-state index in [1.54, 1.807) is 0 Å². The SMILES string of the molecule is CC(CNCc1cccc2ccccc12)CN1CCCC1. The first-order valence-electron chi connectivity index (χ1n) is 8.22. The van der Waals surface area contributed by atoms with Gasteiger partial charge in [-0.15, -0.1) is 0 Å². The van der Waals surface area contributed by atoms with Gasteiger partial charge in [-0.25, -0.2) is 0 Å². The van der Waals surface area contributed by atoms with Crippen molar-refractivity contribution in [2.75, 3.05) is 26.2 Å². The molecule has 1 aliphatic heterocycles. The molecule has 0 aromatic heterocycles. The highest BCUT2D eigenvalue weighted by atomic mass is 15.1. The second kappa shape index (κ2) is 7.06. The van der Waals surface area contributed by atoms with E-state index in [0.717, 1.165) is 19.0 Å². The summed E-state index contributed by atoms with van der Waals surface area (Å²) >= 11 is 0. The molecule has 21 heavy (non-hydrogen) atoms. The topological polar surface area (TPSA) is 15.3 Å². The number of nitrogens with zero attached hydrogens (tertiary/aromatic N) is 1. The number of hydrogen-bond acceptors (Lipinski definition) is 2. The predicted molar refractivity (Wildman–Crippen MR) is 90.5 cm³/mol. The fourth-order valence-electron chi connectivity index (χ4n) is 3.37. The normalized spacial score (nSPS) is 17.4. The van der Waals surface area contributed by atoms with Crippen LogP contribution in [-0.4, -0.2) is 31.1 Å². The Kier molecular flexibility index (Phi) is 4.89. The number of benzene rings is 2. The summed E-state index contributed by atoms with van der Waals surface area (Å²) in [5, 5.41) is 6.35. The lowest BCUT2D eigenvalue weighted by Crippen LogP contribution is -2.31. The molecule has 1 aliphatic rings. The van der Waals surface area contributed by atoms with Crippen molar-refractivity contribution in [2.24, 2.45) is 5.92 Å². The van der Waals surface area contributed by atoms with Crippen LogP contribution < -0.4 is 5.32 Å². The smallest absolute Gasteiger partial charge is 0.0211 e. The summed E-state index contributed by atoms with van der Waals surface area (Å²) in [7, 11) is 0. The number of rotatable bonds is 6.